The van der Waals surface area contributed by atoms with E-state index in [9.17, 15) is 4.79 Å². The summed E-state index contributed by atoms with van der Waals surface area (Å²) in [4.78, 5) is 13.5. The van der Waals surface area contributed by atoms with Crippen molar-refractivity contribution in [3.05, 3.63) is 29.8 Å². The van der Waals surface area contributed by atoms with E-state index in [2.05, 4.69) is 24.4 Å². The number of carbonyl (C=O) groups is 1. The van der Waals surface area contributed by atoms with Crippen LogP contribution in [-0.4, -0.2) is 17.7 Å². The summed E-state index contributed by atoms with van der Waals surface area (Å²) < 4.78 is 0. The number of nitrogens with one attached hydrogen (secondary N) is 1. The maximum absolute atomic E-state index is 12.2. The van der Waals surface area contributed by atoms with Crippen molar-refractivity contribution in [3.63, 3.8) is 0 Å². The molecule has 0 bridgehead atoms. The molecule has 1 aliphatic rings. The van der Waals surface area contributed by atoms with Gasteiger partial charge in [0.15, 0.2) is 0 Å². The van der Waals surface area contributed by atoms with Gasteiger partial charge in [-0.05, 0) is 24.0 Å². The highest BCUT2D eigenvalue weighted by atomic mass is 35.5. The molecule has 1 heterocycles. The smallest absolute Gasteiger partial charge is 0.237 e. The third-order valence-electron chi connectivity index (χ3n) is 3.83. The Kier molecular flexibility index (Phi) is 6.86. The average Bonchev–Trinajstić information content (AvgIpc) is 2.46. The molecule has 0 saturated carbocycles. The predicted octanol–water partition coefficient (Wildman–Crippen LogP) is 3.13. The molecule has 0 spiro atoms. The van der Waals surface area contributed by atoms with E-state index in [4.69, 9.17) is 5.73 Å². The average molecular weight is 315 g/mol. The van der Waals surface area contributed by atoms with E-state index in [0.29, 0.717) is 0 Å². The minimum absolute atomic E-state index is 0. The fourth-order valence-corrected chi connectivity index (χ4v) is 3.40. The van der Waals surface area contributed by atoms with Crippen LogP contribution in [0.15, 0.2) is 29.2 Å². The van der Waals surface area contributed by atoms with E-state index in [1.54, 1.807) is 0 Å². The Hall–Kier alpha value is -0.710. The van der Waals surface area contributed by atoms with Crippen molar-refractivity contribution >= 4 is 30.1 Å². The molecule has 3 unspecified atom stereocenters. The zero-order chi connectivity index (χ0) is 13.8. The Balaban J connectivity index is 0.00000200. The van der Waals surface area contributed by atoms with E-state index in [1.165, 1.54) is 10.5 Å². The van der Waals surface area contributed by atoms with Gasteiger partial charge in [-0.1, -0.05) is 38.5 Å². The van der Waals surface area contributed by atoms with Crippen molar-refractivity contribution in [1.82, 2.24) is 5.32 Å². The van der Waals surface area contributed by atoms with E-state index in [0.717, 1.165) is 18.6 Å². The third-order valence-corrected chi connectivity index (χ3v) is 4.96. The SMILES string of the molecule is CCC(C)C(N)C(=O)NC1CCSc2ccccc21.Cl. The fraction of sp³-hybridized carbons (Fsp3) is 0.533. The molecule has 0 aliphatic carbocycles. The Labute approximate surface area is 131 Å². The molecule has 0 fully saturated rings. The molecular formula is C15H23ClN2OS. The molecule has 0 saturated heterocycles. The van der Waals surface area contributed by atoms with E-state index >= 15 is 0 Å². The summed E-state index contributed by atoms with van der Waals surface area (Å²) >= 11 is 1.86. The van der Waals surface area contributed by atoms with Crippen LogP contribution in [-0.2, 0) is 4.79 Å². The number of rotatable bonds is 4. The highest BCUT2D eigenvalue weighted by Crippen LogP contribution is 2.35. The first-order valence-electron chi connectivity index (χ1n) is 6.91. The number of hydrogen-bond acceptors (Lipinski definition) is 3. The summed E-state index contributed by atoms with van der Waals surface area (Å²) in [5.74, 6) is 1.23. The van der Waals surface area contributed by atoms with Crippen LogP contribution in [0.1, 0.15) is 38.3 Å². The van der Waals surface area contributed by atoms with Gasteiger partial charge in [-0.2, -0.15) is 0 Å². The Morgan fingerprint density at radius 3 is 2.90 bits per heavy atom. The van der Waals surface area contributed by atoms with Gasteiger partial charge < -0.3 is 11.1 Å². The third kappa shape index (κ3) is 3.90. The van der Waals surface area contributed by atoms with Crippen molar-refractivity contribution in [2.45, 2.75) is 43.7 Å². The lowest BCUT2D eigenvalue weighted by molar-refractivity contribution is -0.124. The van der Waals surface area contributed by atoms with Gasteiger partial charge >= 0.3 is 0 Å². The molecule has 0 radical (unpaired) electrons. The second-order valence-corrected chi connectivity index (χ2v) is 6.28. The topological polar surface area (TPSA) is 55.1 Å². The second kappa shape index (κ2) is 7.91. The molecule has 112 valence electrons. The summed E-state index contributed by atoms with van der Waals surface area (Å²) in [6.07, 6.45) is 1.90. The molecular weight excluding hydrogens is 292 g/mol. The number of benzene rings is 1. The standard InChI is InChI=1S/C15H22N2OS.ClH/c1-3-10(2)14(16)15(18)17-12-8-9-19-13-7-5-4-6-11(12)13;/h4-7,10,12,14H,3,8-9,16H2,1-2H3,(H,17,18);1H. The fourth-order valence-electron chi connectivity index (χ4n) is 2.27. The molecule has 3 atom stereocenters. The predicted molar refractivity (Wildman–Crippen MR) is 87.3 cm³/mol. The van der Waals surface area contributed by atoms with Gasteiger partial charge in [0.1, 0.15) is 0 Å². The zero-order valence-electron chi connectivity index (χ0n) is 12.0. The summed E-state index contributed by atoms with van der Waals surface area (Å²) in [5, 5.41) is 3.11. The Morgan fingerprint density at radius 1 is 1.50 bits per heavy atom. The lowest BCUT2D eigenvalue weighted by Crippen LogP contribution is -2.46. The van der Waals surface area contributed by atoms with Crippen molar-refractivity contribution < 1.29 is 4.79 Å². The largest absolute Gasteiger partial charge is 0.348 e. The number of hydrogen-bond donors (Lipinski definition) is 2. The second-order valence-electron chi connectivity index (χ2n) is 5.15. The Bertz CT molecular complexity index is 455. The number of halogens is 1. The molecule has 5 heteroatoms. The van der Waals surface area contributed by atoms with Gasteiger partial charge in [-0.15, -0.1) is 24.2 Å². The van der Waals surface area contributed by atoms with Crippen LogP contribution in [0.3, 0.4) is 0 Å². The van der Waals surface area contributed by atoms with E-state index < -0.39 is 6.04 Å². The Morgan fingerprint density at radius 2 is 2.20 bits per heavy atom. The van der Waals surface area contributed by atoms with Gasteiger partial charge in [-0.25, -0.2) is 0 Å². The van der Waals surface area contributed by atoms with E-state index in [1.807, 2.05) is 30.8 Å². The highest BCUT2D eigenvalue weighted by Gasteiger charge is 2.26. The zero-order valence-corrected chi connectivity index (χ0v) is 13.6. The van der Waals surface area contributed by atoms with Crippen LogP contribution in [0.5, 0.6) is 0 Å². The summed E-state index contributed by atoms with van der Waals surface area (Å²) in [5.41, 5.74) is 7.22. The minimum Gasteiger partial charge on any atom is -0.348 e. The van der Waals surface area contributed by atoms with Crippen molar-refractivity contribution in [2.24, 2.45) is 11.7 Å². The summed E-state index contributed by atoms with van der Waals surface area (Å²) in [6, 6.07) is 7.99. The highest BCUT2D eigenvalue weighted by molar-refractivity contribution is 7.99. The number of nitrogens with two attached hydrogens (primary N) is 1. The van der Waals surface area contributed by atoms with Gasteiger partial charge in [0, 0.05) is 10.6 Å². The molecule has 0 aromatic heterocycles. The molecule has 2 rings (SSSR count). The first kappa shape index (κ1) is 17.3. The molecule has 3 N–H and O–H groups in total. The number of amides is 1. The van der Waals surface area contributed by atoms with Crippen molar-refractivity contribution in [2.75, 3.05) is 5.75 Å². The molecule has 1 amide bonds. The molecule has 3 nitrogen and oxygen atoms in total. The minimum atomic E-state index is -0.410. The van der Waals surface area contributed by atoms with Crippen LogP contribution in [0.4, 0.5) is 0 Å². The molecule has 1 aromatic rings. The van der Waals surface area contributed by atoms with E-state index in [-0.39, 0.29) is 30.3 Å². The quantitative estimate of drug-likeness (QED) is 0.897. The van der Waals surface area contributed by atoms with Crippen LogP contribution in [0.2, 0.25) is 0 Å². The maximum Gasteiger partial charge on any atom is 0.237 e. The lowest BCUT2D eigenvalue weighted by atomic mass is 9.97. The molecule has 1 aliphatic heterocycles. The monoisotopic (exact) mass is 314 g/mol. The summed E-state index contributed by atoms with van der Waals surface area (Å²) in [7, 11) is 0. The first-order chi connectivity index (χ1) is 9.13. The van der Waals surface area contributed by atoms with Gasteiger partial charge in [0.2, 0.25) is 5.91 Å². The van der Waals surface area contributed by atoms with Crippen LogP contribution in [0.25, 0.3) is 0 Å². The molecule has 1 aromatic carbocycles. The first-order valence-corrected chi connectivity index (χ1v) is 7.89. The van der Waals surface area contributed by atoms with Crippen molar-refractivity contribution in [3.8, 4) is 0 Å². The van der Waals surface area contributed by atoms with Gasteiger partial charge in [-0.3, -0.25) is 4.79 Å². The normalized spacial score (nSPS) is 20.2. The summed E-state index contributed by atoms with van der Waals surface area (Å²) in [6.45, 7) is 4.08. The lowest BCUT2D eigenvalue weighted by Gasteiger charge is -2.28. The maximum atomic E-state index is 12.2. The van der Waals surface area contributed by atoms with Gasteiger partial charge in [0.25, 0.3) is 0 Å². The van der Waals surface area contributed by atoms with Crippen LogP contribution in [0, 0.1) is 5.92 Å². The molecule has 20 heavy (non-hydrogen) atoms. The van der Waals surface area contributed by atoms with Gasteiger partial charge in [0.05, 0.1) is 12.1 Å². The van der Waals surface area contributed by atoms with Crippen LogP contribution < -0.4 is 11.1 Å². The van der Waals surface area contributed by atoms with Crippen molar-refractivity contribution in [1.29, 1.82) is 0 Å². The number of carbonyl (C=O) groups excluding carboxylic acids is 1. The number of thioether (sulfide) groups is 1. The van der Waals surface area contributed by atoms with Crippen LogP contribution >= 0.6 is 24.2 Å². The number of fused-ring (bicyclic) bond motifs is 1.